The van der Waals surface area contributed by atoms with E-state index in [-0.39, 0.29) is 46.7 Å². The van der Waals surface area contributed by atoms with Gasteiger partial charge < -0.3 is 35.2 Å². The summed E-state index contributed by atoms with van der Waals surface area (Å²) in [5.74, 6) is -0.629. The van der Waals surface area contributed by atoms with Gasteiger partial charge in [0.2, 0.25) is 11.8 Å². The molecule has 1 aliphatic heterocycles. The maximum atomic E-state index is 15.4. The fraction of sp³-hybridized carbons (Fsp3) is 0.333. The molecule has 12 heteroatoms. The molecule has 0 saturated carbocycles. The fourth-order valence-corrected chi connectivity index (χ4v) is 5.43. The Morgan fingerprint density at radius 1 is 1.00 bits per heavy atom. The van der Waals surface area contributed by atoms with Gasteiger partial charge in [-0.3, -0.25) is 9.59 Å². The van der Waals surface area contributed by atoms with Crippen LogP contribution in [0.15, 0.2) is 60.8 Å². The number of halogens is 1. The molecule has 2 heterocycles. The zero-order valence-electron chi connectivity index (χ0n) is 28.3. The van der Waals surface area contributed by atoms with Gasteiger partial charge in [-0.2, -0.15) is 4.98 Å². The molecule has 48 heavy (non-hydrogen) atoms. The first-order chi connectivity index (χ1) is 22.9. The molecule has 4 aromatic rings. The number of piperazine rings is 1. The van der Waals surface area contributed by atoms with Crippen LogP contribution < -0.4 is 30.3 Å². The van der Waals surface area contributed by atoms with Crippen molar-refractivity contribution in [2.24, 2.45) is 0 Å². The number of methoxy groups -OCH3 is 1. The molecule has 1 fully saturated rings. The topological polar surface area (TPSA) is 121 Å². The maximum Gasteiger partial charge on any atom is 0.262 e. The summed E-state index contributed by atoms with van der Waals surface area (Å²) >= 11 is 0. The highest BCUT2D eigenvalue weighted by atomic mass is 19.1. The number of carbonyl (C=O) groups is 2. The molecule has 3 aromatic carbocycles. The number of carbonyl (C=O) groups excluding carboxylic acids is 2. The predicted molar refractivity (Wildman–Crippen MR) is 186 cm³/mol. The molecule has 0 aliphatic carbocycles. The fourth-order valence-electron chi connectivity index (χ4n) is 5.43. The third kappa shape index (κ3) is 7.83. The molecular weight excluding hydrogens is 613 g/mol. The van der Waals surface area contributed by atoms with Crippen LogP contribution in [-0.2, 0) is 0 Å². The molecule has 3 N–H and O–H groups in total. The van der Waals surface area contributed by atoms with Crippen molar-refractivity contribution in [3.05, 3.63) is 88.9 Å². The minimum absolute atomic E-state index is 0.0514. The van der Waals surface area contributed by atoms with Crippen molar-refractivity contribution in [2.75, 3.05) is 49.3 Å². The number of likely N-dealkylation sites (N-methyl/N-ethyl adjacent to an activating group) is 1. The molecule has 5 rings (SSSR count). The molecule has 0 spiro atoms. The van der Waals surface area contributed by atoms with E-state index in [0.717, 1.165) is 30.8 Å². The van der Waals surface area contributed by atoms with Gasteiger partial charge >= 0.3 is 0 Å². The van der Waals surface area contributed by atoms with Crippen LogP contribution in [0.3, 0.4) is 0 Å². The number of aryl methyl sites for hydroxylation is 2. The molecule has 1 aliphatic rings. The SMILES string of the molecule is COc1cc(C(=O)NC(C)C)ccc1Oc1nc(Nc2ccc(N3CCN(C)C(C)C3)c(F)c2)ncc1C(=O)Nc1c(C)cccc1C. The predicted octanol–water partition coefficient (Wildman–Crippen LogP) is 6.31. The first-order valence-corrected chi connectivity index (χ1v) is 15.9. The lowest BCUT2D eigenvalue weighted by atomic mass is 10.1. The van der Waals surface area contributed by atoms with Crippen LogP contribution in [-0.4, -0.2) is 72.6 Å². The Kier molecular flexibility index (Phi) is 10.4. The van der Waals surface area contributed by atoms with E-state index in [1.54, 1.807) is 30.3 Å². The average Bonchev–Trinajstić information content (AvgIpc) is 3.04. The standard InChI is InChI=1S/C36H42FN7O4/c1-21(2)39-33(45)25-11-14-30(31(17-25)47-7)48-35-27(34(46)41-32-22(3)9-8-10-23(32)4)19-38-36(42-35)40-26-12-13-29(28(37)18-26)44-16-15-43(6)24(5)20-44/h8-14,17-19,21,24H,15-16,20H2,1-7H3,(H,39,45)(H,41,46)(H,38,40,42). The molecule has 252 valence electrons. The Morgan fingerprint density at radius 2 is 1.75 bits per heavy atom. The number of benzene rings is 3. The van der Waals surface area contributed by atoms with Crippen molar-refractivity contribution < 1.29 is 23.5 Å². The monoisotopic (exact) mass is 655 g/mol. The van der Waals surface area contributed by atoms with E-state index < -0.39 is 5.91 Å². The lowest BCUT2D eigenvalue weighted by molar-refractivity contribution is 0.0942. The normalized spacial score (nSPS) is 14.9. The summed E-state index contributed by atoms with van der Waals surface area (Å²) in [6, 6.07) is 15.6. The molecule has 0 radical (unpaired) electrons. The number of ether oxygens (including phenoxy) is 2. The smallest absolute Gasteiger partial charge is 0.262 e. The molecule has 1 atom stereocenters. The molecule has 1 aromatic heterocycles. The maximum absolute atomic E-state index is 15.4. The second-order valence-electron chi connectivity index (χ2n) is 12.3. The Balaban J connectivity index is 1.46. The van der Waals surface area contributed by atoms with E-state index in [1.165, 1.54) is 19.4 Å². The summed E-state index contributed by atoms with van der Waals surface area (Å²) < 4.78 is 27.1. The summed E-state index contributed by atoms with van der Waals surface area (Å²) in [5, 5.41) is 8.84. The lowest BCUT2D eigenvalue weighted by Crippen LogP contribution is -2.50. The number of rotatable bonds is 10. The van der Waals surface area contributed by atoms with E-state index in [0.29, 0.717) is 28.7 Å². The quantitative estimate of drug-likeness (QED) is 0.181. The highest BCUT2D eigenvalue weighted by molar-refractivity contribution is 6.06. The first kappa shape index (κ1) is 34.1. The zero-order valence-corrected chi connectivity index (χ0v) is 28.3. The van der Waals surface area contributed by atoms with Crippen molar-refractivity contribution in [1.29, 1.82) is 0 Å². The van der Waals surface area contributed by atoms with Crippen LogP contribution in [0.4, 0.5) is 27.4 Å². The van der Waals surface area contributed by atoms with Crippen molar-refractivity contribution in [2.45, 2.75) is 46.7 Å². The number of amides is 2. The minimum Gasteiger partial charge on any atom is -0.493 e. The minimum atomic E-state index is -0.488. The average molecular weight is 656 g/mol. The number of hydrogen-bond donors (Lipinski definition) is 3. The van der Waals surface area contributed by atoms with Gasteiger partial charge in [-0.1, -0.05) is 18.2 Å². The highest BCUT2D eigenvalue weighted by Gasteiger charge is 2.24. The third-order valence-corrected chi connectivity index (χ3v) is 8.27. The summed E-state index contributed by atoms with van der Waals surface area (Å²) in [6.07, 6.45) is 1.35. The van der Waals surface area contributed by atoms with Crippen LogP contribution in [0.25, 0.3) is 0 Å². The number of para-hydroxylation sites is 1. The van der Waals surface area contributed by atoms with Crippen molar-refractivity contribution in [1.82, 2.24) is 20.2 Å². The van der Waals surface area contributed by atoms with E-state index in [2.05, 4.69) is 44.8 Å². The van der Waals surface area contributed by atoms with Crippen LogP contribution in [0.2, 0.25) is 0 Å². The van der Waals surface area contributed by atoms with Crippen LogP contribution >= 0.6 is 0 Å². The van der Waals surface area contributed by atoms with Gasteiger partial charge in [0.1, 0.15) is 11.4 Å². The molecule has 11 nitrogen and oxygen atoms in total. The molecule has 1 unspecified atom stereocenters. The second kappa shape index (κ2) is 14.7. The van der Waals surface area contributed by atoms with Gasteiger partial charge in [-0.15, -0.1) is 0 Å². The van der Waals surface area contributed by atoms with Crippen molar-refractivity contribution in [3.8, 4) is 17.4 Å². The van der Waals surface area contributed by atoms with Crippen LogP contribution in [0, 0.1) is 19.7 Å². The Labute approximate surface area is 280 Å². The Morgan fingerprint density at radius 3 is 2.42 bits per heavy atom. The number of aromatic nitrogens is 2. The van der Waals surface area contributed by atoms with Gasteiger partial charge in [0, 0.05) is 54.9 Å². The Bertz CT molecular complexity index is 1800. The van der Waals surface area contributed by atoms with Crippen LogP contribution in [0.5, 0.6) is 17.4 Å². The largest absolute Gasteiger partial charge is 0.493 e. The summed E-state index contributed by atoms with van der Waals surface area (Å²) in [6.45, 7) is 12.0. The van der Waals surface area contributed by atoms with E-state index in [9.17, 15) is 9.59 Å². The second-order valence-corrected chi connectivity index (χ2v) is 12.3. The van der Waals surface area contributed by atoms with E-state index >= 15 is 4.39 Å². The van der Waals surface area contributed by atoms with Crippen molar-refractivity contribution in [3.63, 3.8) is 0 Å². The molecular formula is C36H42FN7O4. The van der Waals surface area contributed by atoms with E-state index in [1.807, 2.05) is 50.8 Å². The first-order valence-electron chi connectivity index (χ1n) is 15.9. The highest BCUT2D eigenvalue weighted by Crippen LogP contribution is 2.35. The summed E-state index contributed by atoms with van der Waals surface area (Å²) in [5.41, 5.74) is 3.83. The summed E-state index contributed by atoms with van der Waals surface area (Å²) in [7, 11) is 3.52. The number of nitrogens with one attached hydrogen (secondary N) is 3. The number of hydrogen-bond acceptors (Lipinski definition) is 9. The van der Waals surface area contributed by atoms with Gasteiger partial charge in [0.25, 0.3) is 11.8 Å². The van der Waals surface area contributed by atoms with Gasteiger partial charge in [-0.25, -0.2) is 9.37 Å². The zero-order chi connectivity index (χ0) is 34.5. The Hall–Kier alpha value is -5.23. The number of anilines is 4. The lowest BCUT2D eigenvalue weighted by Gasteiger charge is -2.39. The molecule has 0 bridgehead atoms. The third-order valence-electron chi connectivity index (χ3n) is 8.27. The van der Waals surface area contributed by atoms with Crippen molar-refractivity contribution >= 4 is 34.8 Å². The molecule has 1 saturated heterocycles. The van der Waals surface area contributed by atoms with Gasteiger partial charge in [-0.05, 0) is 89.2 Å². The van der Waals surface area contributed by atoms with Gasteiger partial charge in [0.15, 0.2) is 11.5 Å². The van der Waals surface area contributed by atoms with E-state index in [4.69, 9.17) is 9.47 Å². The van der Waals surface area contributed by atoms with Crippen LogP contribution in [0.1, 0.15) is 52.6 Å². The van der Waals surface area contributed by atoms with Gasteiger partial charge in [0.05, 0.1) is 12.8 Å². The number of nitrogens with zero attached hydrogens (tertiary/aromatic N) is 4. The summed E-state index contributed by atoms with van der Waals surface area (Å²) in [4.78, 5) is 39.5. The molecule has 2 amide bonds.